The van der Waals surface area contributed by atoms with Crippen LogP contribution in [0.25, 0.3) is 44.7 Å². The second-order valence-corrected chi connectivity index (χ2v) is 89.7. The number of fused-ring (bicyclic) bond motifs is 2. The molecule has 0 spiro atoms. The minimum absolute atomic E-state index is 0. The molecule has 3 saturated carbocycles. The number of methoxy groups -OCH3 is 4. The molecule has 4 aromatic heterocycles. The van der Waals surface area contributed by atoms with Crippen molar-refractivity contribution >= 4 is 236 Å². The molecule has 0 unspecified atom stereocenters. The number of piperidine rings is 4. The maximum absolute atomic E-state index is 11.8. The first-order valence-electron chi connectivity index (χ1n) is 38.6. The van der Waals surface area contributed by atoms with Gasteiger partial charge in [-0.25, -0.2) is 14.8 Å². The number of ether oxygens (including phenoxy) is 5. The molecule has 7 fully saturated rings. The van der Waals surface area contributed by atoms with E-state index in [0.717, 1.165) is 90.8 Å². The monoisotopic (exact) mass is 2700 g/mol. The average Bonchev–Trinajstić information content (AvgIpc) is 1.12. The van der Waals surface area contributed by atoms with Crippen molar-refractivity contribution in [2.45, 2.75) is 257 Å². The summed E-state index contributed by atoms with van der Waals surface area (Å²) in [6.45, 7) is 22.6. The summed E-state index contributed by atoms with van der Waals surface area (Å²) in [5.74, 6) is 3.01. The van der Waals surface area contributed by atoms with Gasteiger partial charge in [-0.2, -0.15) is 9.97 Å². The number of nitrogens with zero attached hydrogens (tertiary/aromatic N) is 9. The van der Waals surface area contributed by atoms with E-state index in [0.29, 0.717) is 93.1 Å². The number of amides is 1. The van der Waals surface area contributed by atoms with Gasteiger partial charge in [0.25, 0.3) is 11.8 Å². The molecule has 13 rings (SSSR count). The molecule has 0 bridgehead atoms. The quantitative estimate of drug-likeness (QED) is 0.0312. The SMILES string of the molecule is C.CCI.CO[C@H]1CN(C(=O)OC(C)(C)C)CC[C@H]1N.CO[C@H]1CN(C)CC[C@H]1NC1CCCCC1.CO[C@H]1CN(c2nc3ccc(C)cc3cc2-c2nc(C)no2)CC[C@H]1NC1CCCCC1.CO[C@H]1CNCC[C@H]1NC1CCCCC1.Cc1ccc2nc(Cl)c(-c3nc(C)no3)cc2c1.IC(I)I.[CH3-].[CH3-].[I][V]([I])[I].[I][V][I]. The number of benzene rings is 2. The standard InChI is InChI=1S/C25H33N5O2.C13H10ClN3O.C13H26N2O.C12H24N2O.C11H22N2O3.C2H5I.CHI3.CH4.2CH3.5HI.2V/c1-16-9-10-21-18(13-16)14-20(25-26-17(2)29-32-25)24(28-21)30-12-11-22(23(15-30)31-3)27-19-7-5-4-6-8-19;1-7-3-4-11-9(5-7)6-10(12(14)16-11)13-15-8(2)17-18-13;1-15-9-8-12(13(10-15)16-2)14-11-6-4-3-5-7-11;1-15-12-9-13-8-7-11(12)14-10-5-3-2-4-6-10;1-11(2,3)16-10(14)13-6-5-8(12)9(7-13)15-4;1-2-3;2-1(3)4;;;;;;;;;;/h9-10,13-14,19,22-23,27H,4-8,11-12,15H2,1-3H3;3-6H,1-2H3;11-14H,3-10H2,1-2H3;10-14H,2-9H2,1H3;8-9H,5-7,12H2,1-4H3;2H2,1H3;1H;1H4;2*1H3;5*1H;;/q;;;;;;;;2*-1;;;;;;+2;+3/p-5/t22-,23+;;12-,13+;11-,12+;8-,9+;;;;;;;;;;;;/m1.111............/s1. The number of aryl methyl sites for hydroxylation is 4. The number of aromatic nitrogens is 6. The molecule has 34 heteroatoms. The third-order valence-corrected chi connectivity index (χ3v) is 20.4. The predicted molar refractivity (Wildman–Crippen MR) is 546 cm³/mol. The van der Waals surface area contributed by atoms with Gasteiger partial charge in [-0.1, -0.05) is 208 Å². The Hall–Kier alpha value is 2.24. The van der Waals surface area contributed by atoms with Gasteiger partial charge >= 0.3 is 120 Å². The van der Waals surface area contributed by atoms with Gasteiger partial charge in [0.1, 0.15) is 16.5 Å². The number of nitrogens with two attached hydrogens (primary N) is 1. The Labute approximate surface area is 811 Å². The summed E-state index contributed by atoms with van der Waals surface area (Å²) in [6, 6.07) is 20.0. The van der Waals surface area contributed by atoms with Crippen molar-refractivity contribution in [1.29, 1.82) is 0 Å². The number of likely N-dealkylation sites (tertiary alicyclic amines) is 2. The Balaban J connectivity index is 0.000000474. The van der Waals surface area contributed by atoms with Crippen LogP contribution in [0.2, 0.25) is 5.15 Å². The molecule has 22 nitrogen and oxygen atoms in total. The van der Waals surface area contributed by atoms with Gasteiger partial charge in [0, 0.05) is 114 Å². The van der Waals surface area contributed by atoms with E-state index in [1.54, 1.807) is 18.9 Å². The molecule has 8 heterocycles. The van der Waals surface area contributed by atoms with Crippen LogP contribution in [0, 0.1) is 42.5 Å². The second-order valence-electron chi connectivity index (χ2n) is 29.7. The van der Waals surface area contributed by atoms with Gasteiger partial charge in [-0.05, 0) is 174 Å². The topological polar surface area (TPSA) is 251 Å². The van der Waals surface area contributed by atoms with Gasteiger partial charge in [0.15, 0.2) is 11.6 Å². The zero-order chi connectivity index (χ0) is 81.6. The normalized spacial score (nSPS) is 22.0. The summed E-state index contributed by atoms with van der Waals surface area (Å²) < 4.78 is 40.3. The molecule has 8 atom stereocenters. The number of carbonyl (C=O) groups excluding carboxylic acids is 1. The summed E-state index contributed by atoms with van der Waals surface area (Å²) in [7, 11) is 9.92. The fourth-order valence-electron chi connectivity index (χ4n) is 14.6. The van der Waals surface area contributed by atoms with Crippen LogP contribution >= 0.6 is 202 Å². The Kier molecular flexibility index (Phi) is 61.5. The number of pyridine rings is 2. The van der Waals surface area contributed by atoms with Crippen molar-refractivity contribution < 1.29 is 51.9 Å². The fourth-order valence-corrected chi connectivity index (χ4v) is 14.8. The Morgan fingerprint density at radius 3 is 1.46 bits per heavy atom. The van der Waals surface area contributed by atoms with Crippen LogP contribution in [-0.2, 0) is 38.1 Å². The number of alkyl halides is 4. The van der Waals surface area contributed by atoms with E-state index >= 15 is 0 Å². The first kappa shape index (κ1) is 112. The van der Waals surface area contributed by atoms with Gasteiger partial charge in [0.2, 0.25) is 0 Å². The van der Waals surface area contributed by atoms with Crippen LogP contribution in [0.4, 0.5) is 10.6 Å². The number of likely N-dealkylation sites (N-methyl/N-ethyl adjacent to an activating group) is 1. The number of carbonyl (C=O) groups is 1. The van der Waals surface area contributed by atoms with Crippen molar-refractivity contribution in [1.82, 2.24) is 61.3 Å². The third kappa shape index (κ3) is 42.7. The average molecular weight is 2700 g/mol. The van der Waals surface area contributed by atoms with E-state index in [2.05, 4.69) is 292 Å². The van der Waals surface area contributed by atoms with Crippen molar-refractivity contribution in [3.05, 3.63) is 91.3 Å². The molecule has 4 aliphatic heterocycles. The van der Waals surface area contributed by atoms with E-state index in [4.69, 9.17) is 55.0 Å². The number of halogens is 10. The summed E-state index contributed by atoms with van der Waals surface area (Å²) >= 11 is 27.5. The van der Waals surface area contributed by atoms with Crippen LogP contribution in [0.15, 0.2) is 57.6 Å². The first-order chi connectivity index (χ1) is 53.0. The molecule has 0 radical (unpaired) electrons. The number of rotatable bonds is 13. The van der Waals surface area contributed by atoms with Crippen LogP contribution in [-0.4, -0.2) is 211 Å². The summed E-state index contributed by atoms with van der Waals surface area (Å²) in [6.07, 6.45) is 25.2. The molecular formula is C80H131ClI9N14O8V2-2. The summed E-state index contributed by atoms with van der Waals surface area (Å²) in [5.41, 5.74) is 11.2. The molecule has 114 heavy (non-hydrogen) atoms. The zero-order valence-corrected chi connectivity index (χ0v) is 91.9. The summed E-state index contributed by atoms with van der Waals surface area (Å²) in [5, 5.41) is 25.1. The van der Waals surface area contributed by atoms with E-state index in [-0.39, 0.29) is 51.5 Å². The Morgan fingerprint density at radius 1 is 0.623 bits per heavy atom. The van der Waals surface area contributed by atoms with E-state index in [1.165, 1.54) is 131 Å². The van der Waals surface area contributed by atoms with Crippen molar-refractivity contribution in [2.24, 2.45) is 5.73 Å². The van der Waals surface area contributed by atoms with Crippen LogP contribution < -0.4 is 31.9 Å². The Morgan fingerprint density at radius 2 is 1.04 bits per heavy atom. The molecule has 4 saturated heterocycles. The maximum atomic E-state index is 11.8. The summed E-state index contributed by atoms with van der Waals surface area (Å²) in [4.78, 5) is 35.9. The molecule has 7 aliphatic rings. The molecule has 6 aromatic rings. The van der Waals surface area contributed by atoms with Gasteiger partial charge < -0.3 is 89.3 Å². The third-order valence-electron chi connectivity index (χ3n) is 20.1. The van der Waals surface area contributed by atoms with E-state index in [9.17, 15) is 4.79 Å². The predicted octanol–water partition coefficient (Wildman–Crippen LogP) is 21.8. The van der Waals surface area contributed by atoms with Crippen LogP contribution in [0.5, 0.6) is 0 Å². The van der Waals surface area contributed by atoms with Crippen molar-refractivity contribution in [3.8, 4) is 22.9 Å². The number of hydrogen-bond acceptors (Lipinski definition) is 21. The van der Waals surface area contributed by atoms with Crippen molar-refractivity contribution in [3.63, 3.8) is 0 Å². The van der Waals surface area contributed by atoms with Gasteiger partial charge in [-0.15, -0.1) is 0 Å². The van der Waals surface area contributed by atoms with Crippen LogP contribution in [0.3, 0.4) is 0 Å². The van der Waals surface area contributed by atoms with Gasteiger partial charge in [0.05, 0.1) is 53.1 Å². The number of hydrogen-bond donors (Lipinski definition) is 5. The molecule has 2 aromatic carbocycles. The molecule has 3 aliphatic carbocycles. The van der Waals surface area contributed by atoms with Crippen molar-refractivity contribution in [2.75, 3.05) is 97.2 Å². The molecular weight excluding hydrogens is 2560 g/mol. The zero-order valence-electron chi connectivity index (χ0n) is 68.9. The number of anilines is 1. The van der Waals surface area contributed by atoms with E-state index in [1.807, 2.05) is 80.2 Å². The molecule has 1 amide bonds. The van der Waals surface area contributed by atoms with Crippen LogP contribution in [0.1, 0.15) is 180 Å². The minimum atomic E-state index is -0.459. The second kappa shape index (κ2) is 62.4. The van der Waals surface area contributed by atoms with E-state index < -0.39 is 5.60 Å². The fraction of sp³-hybridized carbons (Fsp3) is 0.688. The molecule has 6 N–H and O–H groups in total. The van der Waals surface area contributed by atoms with Gasteiger partial charge in [-0.3, -0.25) is 0 Å². The first-order valence-corrected chi connectivity index (χ1v) is 66.8. The molecule has 651 valence electrons. The number of nitrogens with one attached hydrogen (secondary N) is 4. The Bertz CT molecular complexity index is 3540.